The van der Waals surface area contributed by atoms with Gasteiger partial charge in [0.2, 0.25) is 0 Å². The highest BCUT2D eigenvalue weighted by molar-refractivity contribution is 4.82. The molecule has 2 aliphatic carbocycles. The molecule has 0 nitrogen and oxygen atoms in total. The Hall–Kier alpha value is 0.730. The second-order valence-corrected chi connectivity index (χ2v) is 14.0. The first-order chi connectivity index (χ1) is 9.66. The summed E-state index contributed by atoms with van der Waals surface area (Å²) >= 11 is 0.470. The average Bonchev–Trinajstić information content (AvgIpc) is 2.38. The fourth-order valence-corrected chi connectivity index (χ4v) is 8.66. The first-order valence-corrected chi connectivity index (χ1v) is 11.8. The molecule has 124 valence electrons. The van der Waals surface area contributed by atoms with Gasteiger partial charge in [0.05, 0.1) is 0 Å². The van der Waals surface area contributed by atoms with E-state index in [2.05, 4.69) is 41.5 Å². The third kappa shape index (κ3) is 5.39. The third-order valence-corrected chi connectivity index (χ3v) is 10.6. The molecule has 21 heavy (non-hydrogen) atoms. The molecule has 2 fully saturated rings. The van der Waals surface area contributed by atoms with Crippen LogP contribution in [-0.4, -0.2) is 7.85 Å². The molecule has 0 N–H and O–H groups in total. The summed E-state index contributed by atoms with van der Waals surface area (Å²) in [4.78, 5) is 0. The van der Waals surface area contributed by atoms with Crippen molar-refractivity contribution in [3.8, 4) is 0 Å². The van der Waals surface area contributed by atoms with Crippen LogP contribution >= 0.6 is 0 Å². The van der Waals surface area contributed by atoms with E-state index in [0.29, 0.717) is 32.0 Å². The van der Waals surface area contributed by atoms with Gasteiger partial charge in [-0.05, 0) is 74.0 Å². The Morgan fingerprint density at radius 1 is 0.524 bits per heavy atom. The Morgan fingerprint density at radius 2 is 0.810 bits per heavy atom. The Morgan fingerprint density at radius 3 is 1.05 bits per heavy atom. The molecule has 0 aliphatic heterocycles. The molecule has 0 aromatic rings. The van der Waals surface area contributed by atoms with E-state index in [0.717, 1.165) is 11.8 Å². The molecule has 1 heteroatoms. The van der Waals surface area contributed by atoms with Crippen molar-refractivity contribution in [2.24, 2.45) is 22.7 Å². The van der Waals surface area contributed by atoms with E-state index in [-0.39, 0.29) is 0 Å². The van der Waals surface area contributed by atoms with E-state index in [1.807, 2.05) is 0 Å². The van der Waals surface area contributed by atoms with Crippen molar-refractivity contribution in [2.45, 2.75) is 101 Å². The SMILES string of the molecule is CC(C)(C)C1CCC([I+]C2CCC(C(C)(C)C)CC2)CC1. The molecule has 0 spiro atoms. The summed E-state index contributed by atoms with van der Waals surface area (Å²) in [5.74, 6) is 1.99. The quantitative estimate of drug-likeness (QED) is 0.489. The van der Waals surface area contributed by atoms with Gasteiger partial charge in [0.1, 0.15) is 0 Å². The van der Waals surface area contributed by atoms with Gasteiger partial charge in [-0.3, -0.25) is 0 Å². The lowest BCUT2D eigenvalue weighted by molar-refractivity contribution is -0.726. The molecular formula is C20H38I+. The fourth-order valence-electron chi connectivity index (χ4n) is 4.34. The number of alkyl halides is 2. The summed E-state index contributed by atoms with van der Waals surface area (Å²) < 4.78 is 2.33. The molecule has 0 saturated heterocycles. The molecule has 2 saturated carbocycles. The van der Waals surface area contributed by atoms with Crippen LogP contribution in [-0.2, 0) is 0 Å². The minimum Gasteiger partial charge on any atom is -0.0599 e. The van der Waals surface area contributed by atoms with Crippen LogP contribution in [0.2, 0.25) is 0 Å². The zero-order chi connectivity index (χ0) is 15.7. The van der Waals surface area contributed by atoms with Crippen molar-refractivity contribution in [1.29, 1.82) is 0 Å². The second-order valence-electron chi connectivity index (χ2n) is 9.76. The van der Waals surface area contributed by atoms with Crippen molar-refractivity contribution >= 4 is 0 Å². The predicted molar refractivity (Wildman–Crippen MR) is 90.4 cm³/mol. The smallest absolute Gasteiger partial charge is 0.0599 e. The van der Waals surface area contributed by atoms with Gasteiger partial charge in [-0.2, -0.15) is 0 Å². The van der Waals surface area contributed by atoms with Gasteiger partial charge in [0.15, 0.2) is 7.85 Å². The van der Waals surface area contributed by atoms with Gasteiger partial charge >= 0.3 is 0 Å². The lowest BCUT2D eigenvalue weighted by Crippen LogP contribution is -3.68. The van der Waals surface area contributed by atoms with Crippen LogP contribution in [0.5, 0.6) is 0 Å². The van der Waals surface area contributed by atoms with E-state index in [9.17, 15) is 0 Å². The van der Waals surface area contributed by atoms with Crippen molar-refractivity contribution in [3.63, 3.8) is 0 Å². The molecule has 0 amide bonds. The minimum absolute atomic E-state index is 0.470. The Kier molecular flexibility index (Phi) is 6.10. The summed E-state index contributed by atoms with van der Waals surface area (Å²) in [5, 5.41) is 0. The largest absolute Gasteiger partial charge is 0.275 e. The Labute approximate surface area is 144 Å². The first-order valence-electron chi connectivity index (χ1n) is 9.28. The summed E-state index contributed by atoms with van der Waals surface area (Å²) in [5.41, 5.74) is 1.10. The van der Waals surface area contributed by atoms with Crippen LogP contribution in [0.25, 0.3) is 0 Å². The molecule has 2 rings (SSSR count). The fraction of sp³-hybridized carbons (Fsp3) is 1.00. The van der Waals surface area contributed by atoms with E-state index < -0.39 is 0 Å². The molecule has 2 aliphatic rings. The lowest BCUT2D eigenvalue weighted by Gasteiger charge is -2.36. The van der Waals surface area contributed by atoms with Crippen LogP contribution in [0.15, 0.2) is 0 Å². The highest BCUT2D eigenvalue weighted by atomic mass is 127. The van der Waals surface area contributed by atoms with E-state index >= 15 is 0 Å². The van der Waals surface area contributed by atoms with Gasteiger partial charge in [-0.25, -0.2) is 0 Å². The molecular weight excluding hydrogens is 367 g/mol. The summed E-state index contributed by atoms with van der Waals surface area (Å²) in [6.07, 6.45) is 12.3. The molecule has 0 unspecified atom stereocenters. The van der Waals surface area contributed by atoms with Gasteiger partial charge in [0.25, 0.3) is 21.2 Å². The monoisotopic (exact) mass is 405 g/mol. The highest BCUT2D eigenvalue weighted by Gasteiger charge is 2.40. The van der Waals surface area contributed by atoms with E-state index in [1.165, 1.54) is 33.5 Å². The Balaban J connectivity index is 1.71. The van der Waals surface area contributed by atoms with E-state index in [1.54, 1.807) is 25.7 Å². The van der Waals surface area contributed by atoms with Crippen LogP contribution < -0.4 is 21.2 Å². The topological polar surface area (TPSA) is 0 Å². The second kappa shape index (κ2) is 7.09. The van der Waals surface area contributed by atoms with Crippen LogP contribution in [0.3, 0.4) is 0 Å². The molecule has 0 heterocycles. The minimum atomic E-state index is 0.470. The third-order valence-electron chi connectivity index (χ3n) is 6.12. The van der Waals surface area contributed by atoms with E-state index in [4.69, 9.17) is 0 Å². The zero-order valence-corrected chi connectivity index (χ0v) is 17.5. The lowest BCUT2D eigenvalue weighted by atomic mass is 9.72. The highest BCUT2D eigenvalue weighted by Crippen LogP contribution is 2.38. The van der Waals surface area contributed by atoms with Crippen LogP contribution in [0.4, 0.5) is 0 Å². The average molecular weight is 405 g/mol. The number of hydrogen-bond donors (Lipinski definition) is 0. The van der Waals surface area contributed by atoms with Crippen LogP contribution in [0, 0.1) is 22.7 Å². The number of hydrogen-bond acceptors (Lipinski definition) is 0. The molecule has 0 radical (unpaired) electrons. The van der Waals surface area contributed by atoms with Crippen molar-refractivity contribution in [1.82, 2.24) is 0 Å². The predicted octanol–water partition coefficient (Wildman–Crippen LogP) is 3.29. The van der Waals surface area contributed by atoms with Gasteiger partial charge in [0, 0.05) is 0 Å². The summed E-state index contributed by atoms with van der Waals surface area (Å²) in [7, 11) is 0. The van der Waals surface area contributed by atoms with Crippen LogP contribution in [0.1, 0.15) is 92.9 Å². The maximum Gasteiger partial charge on any atom is 0.275 e. The van der Waals surface area contributed by atoms with Gasteiger partial charge in [-0.1, -0.05) is 41.5 Å². The molecule has 0 bridgehead atoms. The maximum atomic E-state index is 2.45. The number of halogens is 1. The maximum absolute atomic E-state index is 2.45. The molecule has 0 atom stereocenters. The molecule has 0 aromatic heterocycles. The van der Waals surface area contributed by atoms with Gasteiger partial charge in [-0.15, -0.1) is 0 Å². The summed E-state index contributed by atoms with van der Waals surface area (Å²) in [6.45, 7) is 14.7. The standard InChI is InChI=1S/C20H38I/c1-19(2,3)15-7-11-17(12-8-15)21-18-13-9-16(10-14-18)20(4,5)6/h15-18H,7-14H2,1-6H3/q+1. The normalized spacial score (nSPS) is 35.7. The number of rotatable bonds is 2. The summed E-state index contributed by atoms with van der Waals surface area (Å²) in [6, 6.07) is 0. The van der Waals surface area contributed by atoms with Crippen molar-refractivity contribution in [3.05, 3.63) is 0 Å². The molecule has 0 aromatic carbocycles. The van der Waals surface area contributed by atoms with Crippen molar-refractivity contribution in [2.75, 3.05) is 0 Å². The van der Waals surface area contributed by atoms with Crippen molar-refractivity contribution < 1.29 is 21.2 Å². The van der Waals surface area contributed by atoms with Gasteiger partial charge < -0.3 is 0 Å². The Bertz CT molecular complexity index is 272. The first kappa shape index (κ1) is 18.1. The zero-order valence-electron chi connectivity index (χ0n) is 15.3.